The van der Waals surface area contributed by atoms with Gasteiger partial charge in [-0.3, -0.25) is 0 Å². The Morgan fingerprint density at radius 2 is 2.12 bits per heavy atom. The van der Waals surface area contributed by atoms with Crippen LogP contribution in [0.1, 0.15) is 19.8 Å². The van der Waals surface area contributed by atoms with Gasteiger partial charge in [-0.25, -0.2) is 0 Å². The molecule has 2 atom stereocenters. The number of nitrogens with zero attached hydrogens (tertiary/aromatic N) is 1. The molecule has 2 rings (SSSR count). The summed E-state index contributed by atoms with van der Waals surface area (Å²) >= 11 is 0. The lowest BCUT2D eigenvalue weighted by atomic mass is 9.98. The second-order valence-electron chi connectivity index (χ2n) is 4.90. The first-order valence-electron chi connectivity index (χ1n) is 6.30. The van der Waals surface area contributed by atoms with Gasteiger partial charge in [0.05, 0.1) is 12.8 Å². The van der Waals surface area contributed by atoms with E-state index in [4.69, 9.17) is 4.74 Å². The molecule has 3 heteroatoms. The Kier molecular flexibility index (Phi) is 3.89. The molecule has 0 radical (unpaired) electrons. The number of hydrogen-bond acceptors (Lipinski definition) is 3. The molecule has 1 N–H and O–H groups in total. The number of para-hydroxylation sites is 2. The number of rotatable bonds is 3. The van der Waals surface area contributed by atoms with Crippen LogP contribution in [0.4, 0.5) is 5.69 Å². The monoisotopic (exact) mass is 234 g/mol. The third-order valence-electron chi connectivity index (χ3n) is 3.67. The molecule has 94 valence electrons. The number of methoxy groups -OCH3 is 1. The second-order valence-corrected chi connectivity index (χ2v) is 4.90. The van der Waals surface area contributed by atoms with Gasteiger partial charge in [-0.2, -0.15) is 0 Å². The Balaban J connectivity index is 2.01. The van der Waals surface area contributed by atoms with Crippen LogP contribution in [-0.4, -0.2) is 37.7 Å². The summed E-state index contributed by atoms with van der Waals surface area (Å²) in [6.07, 6.45) is 2.38. The van der Waals surface area contributed by atoms with E-state index in [2.05, 4.69) is 30.3 Å². The van der Waals surface area contributed by atoms with E-state index in [0.29, 0.717) is 12.1 Å². The third-order valence-corrected chi connectivity index (χ3v) is 3.67. The molecule has 2 unspecified atom stereocenters. The fourth-order valence-corrected chi connectivity index (χ4v) is 2.40. The Morgan fingerprint density at radius 1 is 1.35 bits per heavy atom. The number of anilines is 1. The minimum absolute atomic E-state index is 0.553. The SMILES string of the molecule is COc1ccccc1NC1CCN(C)C(C)C1. The lowest BCUT2D eigenvalue weighted by Gasteiger charge is -2.36. The zero-order chi connectivity index (χ0) is 12.3. The van der Waals surface area contributed by atoms with Gasteiger partial charge in [0, 0.05) is 18.6 Å². The molecule has 1 aliphatic rings. The number of hydrogen-bond donors (Lipinski definition) is 1. The quantitative estimate of drug-likeness (QED) is 0.870. The average Bonchev–Trinajstić information content (AvgIpc) is 2.34. The van der Waals surface area contributed by atoms with E-state index >= 15 is 0 Å². The van der Waals surface area contributed by atoms with Gasteiger partial charge in [0.2, 0.25) is 0 Å². The summed E-state index contributed by atoms with van der Waals surface area (Å²) in [5.74, 6) is 0.930. The van der Waals surface area contributed by atoms with E-state index in [0.717, 1.165) is 18.0 Å². The molecule has 1 aromatic carbocycles. The van der Waals surface area contributed by atoms with E-state index in [1.807, 2.05) is 18.2 Å². The highest BCUT2D eigenvalue weighted by Gasteiger charge is 2.22. The normalized spacial score (nSPS) is 25.6. The molecule has 1 saturated heterocycles. The van der Waals surface area contributed by atoms with E-state index in [-0.39, 0.29) is 0 Å². The van der Waals surface area contributed by atoms with Crippen molar-refractivity contribution in [2.45, 2.75) is 31.8 Å². The number of benzene rings is 1. The highest BCUT2D eigenvalue weighted by molar-refractivity contribution is 5.56. The van der Waals surface area contributed by atoms with Crippen molar-refractivity contribution in [2.75, 3.05) is 26.0 Å². The molecule has 17 heavy (non-hydrogen) atoms. The van der Waals surface area contributed by atoms with Crippen LogP contribution < -0.4 is 10.1 Å². The van der Waals surface area contributed by atoms with Crippen LogP contribution >= 0.6 is 0 Å². The maximum Gasteiger partial charge on any atom is 0.141 e. The van der Waals surface area contributed by atoms with Crippen molar-refractivity contribution in [1.29, 1.82) is 0 Å². The predicted molar refractivity (Wildman–Crippen MR) is 71.7 cm³/mol. The summed E-state index contributed by atoms with van der Waals surface area (Å²) in [5, 5.41) is 3.60. The first-order valence-corrected chi connectivity index (χ1v) is 6.30. The van der Waals surface area contributed by atoms with Gasteiger partial charge in [0.15, 0.2) is 0 Å². The molecular weight excluding hydrogens is 212 g/mol. The fourth-order valence-electron chi connectivity index (χ4n) is 2.40. The maximum absolute atomic E-state index is 5.36. The van der Waals surface area contributed by atoms with Gasteiger partial charge >= 0.3 is 0 Å². The molecule has 1 aliphatic heterocycles. The fraction of sp³-hybridized carbons (Fsp3) is 0.571. The summed E-state index contributed by atoms with van der Waals surface area (Å²) in [6.45, 7) is 3.45. The minimum Gasteiger partial charge on any atom is -0.495 e. The topological polar surface area (TPSA) is 24.5 Å². The smallest absolute Gasteiger partial charge is 0.141 e. The van der Waals surface area contributed by atoms with Gasteiger partial charge < -0.3 is 15.0 Å². The Labute approximate surface area is 104 Å². The molecule has 0 bridgehead atoms. The van der Waals surface area contributed by atoms with Gasteiger partial charge in [-0.15, -0.1) is 0 Å². The molecule has 0 aliphatic carbocycles. The van der Waals surface area contributed by atoms with E-state index in [1.54, 1.807) is 7.11 Å². The van der Waals surface area contributed by atoms with Gasteiger partial charge in [-0.05, 0) is 38.9 Å². The minimum atomic E-state index is 0.553. The first-order chi connectivity index (χ1) is 8.20. The number of ether oxygens (including phenoxy) is 1. The first kappa shape index (κ1) is 12.2. The Morgan fingerprint density at radius 3 is 2.82 bits per heavy atom. The largest absolute Gasteiger partial charge is 0.495 e. The molecule has 1 fully saturated rings. The third kappa shape index (κ3) is 2.91. The highest BCUT2D eigenvalue weighted by Crippen LogP contribution is 2.26. The molecule has 1 aromatic rings. The van der Waals surface area contributed by atoms with Gasteiger partial charge in [0.1, 0.15) is 5.75 Å². The van der Waals surface area contributed by atoms with E-state index in [1.165, 1.54) is 12.8 Å². The van der Waals surface area contributed by atoms with Crippen molar-refractivity contribution in [1.82, 2.24) is 4.90 Å². The highest BCUT2D eigenvalue weighted by atomic mass is 16.5. The maximum atomic E-state index is 5.36. The Hall–Kier alpha value is -1.22. The van der Waals surface area contributed by atoms with Crippen LogP contribution in [0, 0.1) is 0 Å². The summed E-state index contributed by atoms with van der Waals surface area (Å²) in [4.78, 5) is 2.42. The average molecular weight is 234 g/mol. The zero-order valence-corrected chi connectivity index (χ0v) is 10.9. The van der Waals surface area contributed by atoms with Crippen LogP contribution in [0.2, 0.25) is 0 Å². The van der Waals surface area contributed by atoms with Crippen LogP contribution in [0.5, 0.6) is 5.75 Å². The standard InChI is InChI=1S/C14H22N2O/c1-11-10-12(8-9-16(11)2)15-13-6-4-5-7-14(13)17-3/h4-7,11-12,15H,8-10H2,1-3H3. The van der Waals surface area contributed by atoms with Crippen molar-refractivity contribution in [3.05, 3.63) is 24.3 Å². The summed E-state index contributed by atoms with van der Waals surface area (Å²) < 4.78 is 5.36. The summed E-state index contributed by atoms with van der Waals surface area (Å²) in [7, 11) is 3.92. The molecule has 0 saturated carbocycles. The van der Waals surface area contributed by atoms with Gasteiger partial charge in [0.25, 0.3) is 0 Å². The predicted octanol–water partition coefficient (Wildman–Crippen LogP) is 2.59. The lowest BCUT2D eigenvalue weighted by Crippen LogP contribution is -2.42. The van der Waals surface area contributed by atoms with E-state index < -0.39 is 0 Å². The van der Waals surface area contributed by atoms with Crippen LogP contribution in [0.25, 0.3) is 0 Å². The number of piperidine rings is 1. The molecule has 1 heterocycles. The summed E-state index contributed by atoms with van der Waals surface area (Å²) in [5.41, 5.74) is 1.11. The Bertz CT molecular complexity index is 367. The van der Waals surface area contributed by atoms with Crippen LogP contribution in [-0.2, 0) is 0 Å². The molecular formula is C14H22N2O. The van der Waals surface area contributed by atoms with Crippen molar-refractivity contribution in [3.8, 4) is 5.75 Å². The van der Waals surface area contributed by atoms with E-state index in [9.17, 15) is 0 Å². The lowest BCUT2D eigenvalue weighted by molar-refractivity contribution is 0.190. The molecule has 0 spiro atoms. The van der Waals surface area contributed by atoms with Crippen molar-refractivity contribution < 1.29 is 4.74 Å². The molecule has 0 aromatic heterocycles. The van der Waals surface area contributed by atoms with Crippen LogP contribution in [0.15, 0.2) is 24.3 Å². The molecule has 0 amide bonds. The number of likely N-dealkylation sites (tertiary alicyclic amines) is 1. The van der Waals surface area contributed by atoms with Gasteiger partial charge in [-0.1, -0.05) is 12.1 Å². The molecule has 3 nitrogen and oxygen atoms in total. The van der Waals surface area contributed by atoms with Crippen molar-refractivity contribution in [2.24, 2.45) is 0 Å². The second kappa shape index (κ2) is 5.41. The van der Waals surface area contributed by atoms with Crippen LogP contribution in [0.3, 0.4) is 0 Å². The van der Waals surface area contributed by atoms with Crippen molar-refractivity contribution >= 4 is 5.69 Å². The zero-order valence-electron chi connectivity index (χ0n) is 10.9. The summed E-state index contributed by atoms with van der Waals surface area (Å²) in [6, 6.07) is 9.33. The number of nitrogens with one attached hydrogen (secondary N) is 1. The van der Waals surface area contributed by atoms with Crippen molar-refractivity contribution in [3.63, 3.8) is 0 Å².